The maximum Gasteiger partial charge on any atom is 0.208 e. The molecule has 2 aromatic rings. The van der Waals surface area contributed by atoms with Crippen molar-refractivity contribution in [2.24, 2.45) is 0 Å². The number of sulfone groups is 1. The second kappa shape index (κ2) is 6.59. The first-order chi connectivity index (χ1) is 12.0. The van der Waals surface area contributed by atoms with Crippen LogP contribution in [0.3, 0.4) is 0 Å². The third kappa shape index (κ3) is 3.11. The van der Waals surface area contributed by atoms with E-state index >= 15 is 0 Å². The fraction of sp³-hybridized carbons (Fsp3) is 0.333. The van der Waals surface area contributed by atoms with Crippen molar-refractivity contribution in [3.8, 4) is 0 Å². The molecule has 0 saturated carbocycles. The largest absolute Gasteiger partial charge is 0.371 e. The zero-order chi connectivity index (χ0) is 17.6. The molecule has 0 aromatic heterocycles. The van der Waals surface area contributed by atoms with Crippen LogP contribution in [-0.4, -0.2) is 34.6 Å². The van der Waals surface area contributed by atoms with Crippen LogP contribution in [0.1, 0.15) is 12.8 Å². The van der Waals surface area contributed by atoms with Crippen molar-refractivity contribution in [1.29, 1.82) is 0 Å². The van der Waals surface area contributed by atoms with E-state index < -0.39 is 9.84 Å². The zero-order valence-corrected chi connectivity index (χ0v) is 17.6. The summed E-state index contributed by atoms with van der Waals surface area (Å²) in [5.41, 5.74) is 1.92. The highest BCUT2D eigenvalue weighted by molar-refractivity contribution is 9.10. The summed E-state index contributed by atoms with van der Waals surface area (Å²) in [4.78, 5) is 5.02. The van der Waals surface area contributed by atoms with Gasteiger partial charge in [0.25, 0.3) is 0 Å². The van der Waals surface area contributed by atoms with Crippen molar-refractivity contribution in [2.45, 2.75) is 22.6 Å². The lowest BCUT2D eigenvalue weighted by molar-refractivity contribution is 0.593. The van der Waals surface area contributed by atoms with Gasteiger partial charge in [0, 0.05) is 46.5 Å². The molecule has 2 fully saturated rings. The second-order valence-electron chi connectivity index (χ2n) is 6.41. The molecular weight excluding hydrogens is 468 g/mol. The maximum atomic E-state index is 13.3. The number of benzene rings is 2. The predicted molar refractivity (Wildman–Crippen MR) is 107 cm³/mol. The number of halogens is 2. The first kappa shape index (κ1) is 17.4. The highest BCUT2D eigenvalue weighted by Crippen LogP contribution is 2.37. The first-order valence-corrected chi connectivity index (χ1v) is 11.4. The van der Waals surface area contributed by atoms with Crippen LogP contribution in [0.2, 0.25) is 0 Å². The van der Waals surface area contributed by atoms with Crippen LogP contribution in [0.15, 0.2) is 55.1 Å². The maximum absolute atomic E-state index is 13.3. The number of hydrogen-bond acceptors (Lipinski definition) is 4. The van der Waals surface area contributed by atoms with Gasteiger partial charge in [-0.15, -0.1) is 0 Å². The molecule has 2 aliphatic heterocycles. The SMILES string of the molecule is O=S(=O)(c1cc(N2CCC2)ccc1Br)c1cc(N2CCC2)ccc1Br. The van der Waals surface area contributed by atoms with Gasteiger partial charge in [-0.25, -0.2) is 8.42 Å². The van der Waals surface area contributed by atoms with Crippen LogP contribution in [-0.2, 0) is 9.84 Å². The quantitative estimate of drug-likeness (QED) is 0.640. The van der Waals surface area contributed by atoms with E-state index in [-0.39, 0.29) is 0 Å². The van der Waals surface area contributed by atoms with Gasteiger partial charge in [-0.3, -0.25) is 0 Å². The highest BCUT2D eigenvalue weighted by atomic mass is 79.9. The molecule has 0 unspecified atom stereocenters. The lowest BCUT2D eigenvalue weighted by Gasteiger charge is -2.34. The molecule has 0 aliphatic carbocycles. The lowest BCUT2D eigenvalue weighted by atomic mass is 10.2. The second-order valence-corrected chi connectivity index (χ2v) is 10.0. The number of hydrogen-bond donors (Lipinski definition) is 0. The summed E-state index contributed by atoms with van der Waals surface area (Å²) < 4.78 is 27.9. The van der Waals surface area contributed by atoms with Crippen LogP contribution < -0.4 is 9.80 Å². The molecule has 2 saturated heterocycles. The summed E-state index contributed by atoms with van der Waals surface area (Å²) in [6.45, 7) is 3.93. The third-order valence-electron chi connectivity index (χ3n) is 4.85. The van der Waals surface area contributed by atoms with Crippen molar-refractivity contribution in [3.05, 3.63) is 45.3 Å². The van der Waals surface area contributed by atoms with E-state index in [2.05, 4.69) is 41.7 Å². The normalized spacial score (nSPS) is 17.2. The standard InChI is InChI=1S/C18H18Br2N2O2S/c19-15-5-3-13(21-7-1-8-21)11-17(15)25(23,24)18-12-14(4-6-16(18)20)22-9-2-10-22/h3-6,11-12H,1-2,7-10H2. The molecule has 2 aliphatic rings. The van der Waals surface area contributed by atoms with Gasteiger partial charge in [-0.1, -0.05) is 0 Å². The highest BCUT2D eigenvalue weighted by Gasteiger charge is 2.27. The van der Waals surface area contributed by atoms with E-state index in [0.717, 1.165) is 50.4 Å². The van der Waals surface area contributed by atoms with Gasteiger partial charge in [-0.2, -0.15) is 0 Å². The Morgan fingerprint density at radius 2 is 1.12 bits per heavy atom. The number of anilines is 2. The van der Waals surface area contributed by atoms with Gasteiger partial charge in [0.1, 0.15) is 0 Å². The van der Waals surface area contributed by atoms with E-state index in [0.29, 0.717) is 18.7 Å². The average molecular weight is 486 g/mol. The van der Waals surface area contributed by atoms with Gasteiger partial charge >= 0.3 is 0 Å². The Morgan fingerprint density at radius 1 is 0.720 bits per heavy atom. The van der Waals surface area contributed by atoms with Crippen molar-refractivity contribution in [1.82, 2.24) is 0 Å². The molecule has 2 aromatic carbocycles. The third-order valence-corrected chi connectivity index (χ3v) is 8.59. The number of nitrogens with zero attached hydrogens (tertiary/aromatic N) is 2. The Bertz CT molecular complexity index is 853. The van der Waals surface area contributed by atoms with E-state index in [1.54, 1.807) is 12.1 Å². The Balaban J connectivity index is 1.79. The minimum absolute atomic E-state index is 0.318. The minimum atomic E-state index is -3.63. The molecule has 132 valence electrons. The van der Waals surface area contributed by atoms with Crippen LogP contribution >= 0.6 is 31.9 Å². The summed E-state index contributed by atoms with van der Waals surface area (Å²) >= 11 is 6.85. The van der Waals surface area contributed by atoms with E-state index in [1.165, 1.54) is 0 Å². The molecule has 4 nitrogen and oxygen atoms in total. The van der Waals surface area contributed by atoms with Crippen LogP contribution in [0.4, 0.5) is 11.4 Å². The fourth-order valence-corrected chi connectivity index (χ4v) is 6.27. The van der Waals surface area contributed by atoms with Gasteiger partial charge in [0.2, 0.25) is 9.84 Å². The van der Waals surface area contributed by atoms with Crippen LogP contribution in [0, 0.1) is 0 Å². The van der Waals surface area contributed by atoms with Gasteiger partial charge < -0.3 is 9.80 Å². The number of rotatable bonds is 4. The molecule has 0 N–H and O–H groups in total. The van der Waals surface area contributed by atoms with Gasteiger partial charge in [0.05, 0.1) is 9.79 Å². The molecule has 0 atom stereocenters. The Hall–Kier alpha value is -1.05. The Kier molecular flexibility index (Phi) is 4.58. The average Bonchev–Trinajstić information content (AvgIpc) is 2.47. The topological polar surface area (TPSA) is 40.6 Å². The molecule has 2 heterocycles. The summed E-state index contributed by atoms with van der Waals surface area (Å²) in [5.74, 6) is 0. The molecule has 25 heavy (non-hydrogen) atoms. The summed E-state index contributed by atoms with van der Waals surface area (Å²) in [6, 6.07) is 11.1. The molecule has 0 amide bonds. The van der Waals surface area contributed by atoms with Gasteiger partial charge in [-0.05, 0) is 81.1 Å². The van der Waals surface area contributed by atoms with E-state index in [9.17, 15) is 8.42 Å². The molecule has 4 rings (SSSR count). The minimum Gasteiger partial charge on any atom is -0.371 e. The zero-order valence-electron chi connectivity index (χ0n) is 13.6. The predicted octanol–water partition coefficient (Wildman–Crippen LogP) is 4.46. The fourth-order valence-electron chi connectivity index (χ4n) is 3.06. The summed E-state index contributed by atoms with van der Waals surface area (Å²) in [7, 11) is -3.63. The van der Waals surface area contributed by atoms with Crippen molar-refractivity contribution >= 4 is 53.1 Å². The summed E-state index contributed by atoms with van der Waals surface area (Å²) in [5, 5.41) is 0. The molecular formula is C18H18Br2N2O2S. The smallest absolute Gasteiger partial charge is 0.208 e. The van der Waals surface area contributed by atoms with Crippen molar-refractivity contribution in [3.63, 3.8) is 0 Å². The van der Waals surface area contributed by atoms with Crippen LogP contribution in [0.25, 0.3) is 0 Å². The van der Waals surface area contributed by atoms with E-state index in [4.69, 9.17) is 0 Å². The van der Waals surface area contributed by atoms with E-state index in [1.807, 2.05) is 24.3 Å². The Labute approximate surface area is 165 Å². The van der Waals surface area contributed by atoms with Crippen molar-refractivity contribution in [2.75, 3.05) is 36.0 Å². The molecule has 0 bridgehead atoms. The molecule has 7 heteroatoms. The summed E-state index contributed by atoms with van der Waals surface area (Å²) in [6.07, 6.45) is 2.31. The van der Waals surface area contributed by atoms with Crippen LogP contribution in [0.5, 0.6) is 0 Å². The van der Waals surface area contributed by atoms with Crippen molar-refractivity contribution < 1.29 is 8.42 Å². The lowest BCUT2D eigenvalue weighted by Crippen LogP contribution is -2.37. The van der Waals surface area contributed by atoms with Gasteiger partial charge in [0.15, 0.2) is 0 Å². The monoisotopic (exact) mass is 484 g/mol. The molecule has 0 radical (unpaired) electrons. The molecule has 0 spiro atoms. The first-order valence-electron chi connectivity index (χ1n) is 8.31. The Morgan fingerprint density at radius 3 is 1.44 bits per heavy atom.